The smallest absolute Gasteiger partial charge is 0.308 e. The van der Waals surface area contributed by atoms with Gasteiger partial charge in [-0.1, -0.05) is 30.3 Å². The summed E-state index contributed by atoms with van der Waals surface area (Å²) < 4.78 is 13.0. The summed E-state index contributed by atoms with van der Waals surface area (Å²) in [4.78, 5) is 0. The third-order valence-electron chi connectivity index (χ3n) is 2.97. The van der Waals surface area contributed by atoms with E-state index in [4.69, 9.17) is 14.0 Å². The van der Waals surface area contributed by atoms with Crippen LogP contribution in [0.4, 0.5) is 0 Å². The van der Waals surface area contributed by atoms with Gasteiger partial charge in [0.2, 0.25) is 0 Å². The van der Waals surface area contributed by atoms with E-state index in [1.165, 1.54) is 5.56 Å². The molecular weight excluding hydrogens is 310 g/mol. The van der Waals surface area contributed by atoms with Crippen molar-refractivity contribution in [2.45, 2.75) is 51.2 Å². The van der Waals surface area contributed by atoms with Gasteiger partial charge in [-0.05, 0) is 57.8 Å². The Balaban J connectivity index is 3.05. The quantitative estimate of drug-likeness (QED) is 0.735. The van der Waals surface area contributed by atoms with Gasteiger partial charge in [-0.3, -0.25) is 0 Å². The summed E-state index contributed by atoms with van der Waals surface area (Å²) in [5.41, 5.74) is 7.52. The normalized spacial score (nSPS) is 14.5. The Labute approximate surface area is 134 Å². The molecule has 2 N–H and O–H groups in total. The zero-order valence-corrected chi connectivity index (χ0v) is 17.5. The van der Waals surface area contributed by atoms with Crippen LogP contribution in [0.1, 0.15) is 17.5 Å². The lowest BCUT2D eigenvalue weighted by molar-refractivity contribution is 0.396. The van der Waals surface area contributed by atoms with Crippen LogP contribution in [0.15, 0.2) is 30.3 Å². The van der Waals surface area contributed by atoms with Gasteiger partial charge in [-0.15, -0.1) is 0 Å². The van der Waals surface area contributed by atoms with Crippen molar-refractivity contribution >= 4 is 25.9 Å². The van der Waals surface area contributed by atoms with E-state index in [1.807, 2.05) is 0 Å². The van der Waals surface area contributed by atoms with Gasteiger partial charge in [-0.2, -0.15) is 0 Å². The summed E-state index contributed by atoms with van der Waals surface area (Å²) in [5.74, 6) is 0. The number of nitrogens with two attached hydrogens (primary N) is 1. The molecule has 1 atom stereocenters. The Morgan fingerprint density at radius 1 is 0.952 bits per heavy atom. The highest BCUT2D eigenvalue weighted by Crippen LogP contribution is 2.27. The molecule has 1 unspecified atom stereocenters. The van der Waals surface area contributed by atoms with Gasteiger partial charge >= 0.3 is 9.28 Å². The summed E-state index contributed by atoms with van der Waals surface area (Å²) in [6.45, 7) is 14.1. The molecular formula is C15H31NO2Si3. The van der Waals surface area contributed by atoms with E-state index < -0.39 is 25.9 Å². The zero-order chi connectivity index (χ0) is 16.1. The van der Waals surface area contributed by atoms with Crippen molar-refractivity contribution in [2.24, 2.45) is 5.73 Å². The van der Waals surface area contributed by atoms with Crippen LogP contribution in [0.2, 0.25) is 39.3 Å². The molecule has 0 spiro atoms. The Morgan fingerprint density at radius 3 is 1.81 bits per heavy atom. The standard InChI is InChI=1S/C15H31NO2Si3/c1-20(2,3)17-19(18-21(4,5)6)15(12-13-16)14-10-8-7-9-11-14/h7-11,15,19H,12-13,16H2,1-6H3. The molecule has 1 aromatic carbocycles. The lowest BCUT2D eigenvalue weighted by Gasteiger charge is -2.35. The molecule has 0 aliphatic carbocycles. The molecule has 1 aromatic rings. The highest BCUT2D eigenvalue weighted by Gasteiger charge is 2.35. The highest BCUT2D eigenvalue weighted by atomic mass is 28.4. The Bertz CT molecular complexity index is 399. The number of rotatable bonds is 8. The lowest BCUT2D eigenvalue weighted by Crippen LogP contribution is -2.47. The minimum Gasteiger partial charge on any atom is -0.438 e. The van der Waals surface area contributed by atoms with Gasteiger partial charge in [-0.25, -0.2) is 0 Å². The third-order valence-corrected chi connectivity index (χ3v) is 11.9. The number of hydrogen-bond donors (Lipinski definition) is 1. The maximum Gasteiger partial charge on any atom is 0.308 e. The number of hydrogen-bond acceptors (Lipinski definition) is 3. The van der Waals surface area contributed by atoms with Crippen LogP contribution in [0.25, 0.3) is 0 Å². The molecule has 0 bridgehead atoms. The van der Waals surface area contributed by atoms with Crippen LogP contribution in [0.5, 0.6) is 0 Å². The molecule has 21 heavy (non-hydrogen) atoms. The lowest BCUT2D eigenvalue weighted by atomic mass is 10.1. The molecule has 120 valence electrons. The van der Waals surface area contributed by atoms with E-state index in [9.17, 15) is 0 Å². The molecule has 0 aromatic heterocycles. The van der Waals surface area contributed by atoms with Crippen molar-refractivity contribution in [2.75, 3.05) is 6.54 Å². The van der Waals surface area contributed by atoms with Crippen LogP contribution < -0.4 is 5.73 Å². The fourth-order valence-corrected chi connectivity index (χ4v) is 10.7. The molecule has 0 saturated carbocycles. The van der Waals surface area contributed by atoms with E-state index >= 15 is 0 Å². The molecule has 1 rings (SSSR count). The monoisotopic (exact) mass is 341 g/mol. The highest BCUT2D eigenvalue weighted by molar-refractivity contribution is 6.81. The second-order valence-corrected chi connectivity index (χ2v) is 19.3. The molecule has 0 saturated heterocycles. The van der Waals surface area contributed by atoms with Gasteiger partial charge in [0.1, 0.15) is 0 Å². The van der Waals surface area contributed by atoms with Crippen molar-refractivity contribution in [3.8, 4) is 0 Å². The first-order chi connectivity index (χ1) is 9.62. The van der Waals surface area contributed by atoms with Gasteiger partial charge in [0.15, 0.2) is 16.6 Å². The maximum atomic E-state index is 6.52. The molecule has 0 aliphatic rings. The summed E-state index contributed by atoms with van der Waals surface area (Å²) in [6, 6.07) is 10.6. The second-order valence-electron chi connectivity index (χ2n) is 7.42. The molecule has 0 radical (unpaired) electrons. The van der Waals surface area contributed by atoms with E-state index in [-0.39, 0.29) is 0 Å². The first kappa shape index (κ1) is 18.8. The molecule has 0 amide bonds. The summed E-state index contributed by atoms with van der Waals surface area (Å²) >= 11 is 0. The van der Waals surface area contributed by atoms with Crippen molar-refractivity contribution in [3.63, 3.8) is 0 Å². The summed E-state index contributed by atoms with van der Waals surface area (Å²) in [7, 11) is -5.05. The first-order valence-electron chi connectivity index (χ1n) is 7.73. The van der Waals surface area contributed by atoms with E-state index in [2.05, 4.69) is 69.6 Å². The Morgan fingerprint density at radius 2 is 1.43 bits per heavy atom. The van der Waals surface area contributed by atoms with Crippen LogP contribution >= 0.6 is 0 Å². The molecule has 0 aliphatic heterocycles. The second kappa shape index (κ2) is 7.85. The first-order valence-corrected chi connectivity index (χ1v) is 16.2. The topological polar surface area (TPSA) is 44.5 Å². The van der Waals surface area contributed by atoms with Crippen molar-refractivity contribution in [3.05, 3.63) is 35.9 Å². The number of benzene rings is 1. The minimum absolute atomic E-state index is 0.342. The average Bonchev–Trinajstić information content (AvgIpc) is 2.32. The van der Waals surface area contributed by atoms with Gasteiger partial charge < -0.3 is 14.0 Å². The van der Waals surface area contributed by atoms with Crippen LogP contribution in [-0.2, 0) is 8.23 Å². The molecule has 3 nitrogen and oxygen atoms in total. The fraction of sp³-hybridized carbons (Fsp3) is 0.600. The predicted molar refractivity (Wildman–Crippen MR) is 98.9 cm³/mol. The van der Waals surface area contributed by atoms with Crippen LogP contribution in [-0.4, -0.2) is 32.5 Å². The summed E-state index contributed by atoms with van der Waals surface area (Å²) in [6.07, 6.45) is 0.940. The molecule has 6 heteroatoms. The predicted octanol–water partition coefficient (Wildman–Crippen LogP) is 3.58. The Hall–Kier alpha value is -0.249. The third kappa shape index (κ3) is 7.53. The van der Waals surface area contributed by atoms with E-state index in [1.54, 1.807) is 0 Å². The largest absolute Gasteiger partial charge is 0.438 e. The Kier molecular flexibility index (Phi) is 7.02. The van der Waals surface area contributed by atoms with Crippen molar-refractivity contribution < 1.29 is 8.23 Å². The van der Waals surface area contributed by atoms with Gasteiger partial charge in [0, 0.05) is 5.54 Å². The van der Waals surface area contributed by atoms with E-state index in [0.717, 1.165) is 6.42 Å². The molecule has 0 fully saturated rings. The molecule has 0 heterocycles. The van der Waals surface area contributed by atoms with Gasteiger partial charge in [0.05, 0.1) is 0 Å². The van der Waals surface area contributed by atoms with Crippen molar-refractivity contribution in [1.29, 1.82) is 0 Å². The maximum absolute atomic E-state index is 6.52. The van der Waals surface area contributed by atoms with Gasteiger partial charge in [0.25, 0.3) is 0 Å². The zero-order valence-electron chi connectivity index (χ0n) is 14.3. The average molecular weight is 342 g/mol. The summed E-state index contributed by atoms with van der Waals surface area (Å²) in [5, 5.41) is 0. The van der Waals surface area contributed by atoms with E-state index in [0.29, 0.717) is 12.1 Å². The van der Waals surface area contributed by atoms with Crippen LogP contribution in [0, 0.1) is 0 Å². The van der Waals surface area contributed by atoms with Crippen molar-refractivity contribution in [1.82, 2.24) is 0 Å². The minimum atomic E-state index is -1.80. The SMILES string of the molecule is C[Si](C)(C)O[SiH](O[Si](C)(C)C)C(CCN)c1ccccc1. The fourth-order valence-electron chi connectivity index (χ4n) is 2.22. The van der Waals surface area contributed by atoms with Crippen LogP contribution in [0.3, 0.4) is 0 Å².